The first-order valence-electron chi connectivity index (χ1n) is 9.66. The van der Waals surface area contributed by atoms with Gasteiger partial charge in [0.05, 0.1) is 0 Å². The molecule has 1 saturated carbocycles. The van der Waals surface area contributed by atoms with E-state index in [0.29, 0.717) is 18.3 Å². The number of piperazine rings is 1. The first-order valence-corrected chi connectivity index (χ1v) is 9.66. The van der Waals surface area contributed by atoms with Gasteiger partial charge in [0.25, 0.3) is 0 Å². The SMILES string of the molecule is NC(c1ccc(N2CCNCC2)cc1)C1CCC(CCC(=O)O)CC1. The van der Waals surface area contributed by atoms with E-state index in [1.54, 1.807) is 0 Å². The minimum Gasteiger partial charge on any atom is -0.481 e. The Balaban J connectivity index is 1.51. The fourth-order valence-electron chi connectivity index (χ4n) is 4.27. The third-order valence-electron chi connectivity index (χ3n) is 5.93. The maximum Gasteiger partial charge on any atom is 0.303 e. The average Bonchev–Trinajstić information content (AvgIpc) is 2.67. The molecule has 25 heavy (non-hydrogen) atoms. The molecule has 1 aromatic carbocycles. The number of hydrogen-bond acceptors (Lipinski definition) is 4. The normalized spacial score (nSPS) is 25.6. The van der Waals surface area contributed by atoms with Crippen molar-refractivity contribution in [2.45, 2.75) is 44.6 Å². The number of carboxylic acid groups (broad SMARTS) is 1. The summed E-state index contributed by atoms with van der Waals surface area (Å²) >= 11 is 0. The highest BCUT2D eigenvalue weighted by Gasteiger charge is 2.26. The van der Waals surface area contributed by atoms with Gasteiger partial charge in [-0.05, 0) is 48.8 Å². The van der Waals surface area contributed by atoms with E-state index in [4.69, 9.17) is 10.8 Å². The van der Waals surface area contributed by atoms with Crippen LogP contribution in [-0.2, 0) is 4.79 Å². The van der Waals surface area contributed by atoms with Gasteiger partial charge in [-0.25, -0.2) is 0 Å². The van der Waals surface area contributed by atoms with Gasteiger partial charge in [0, 0.05) is 44.3 Å². The summed E-state index contributed by atoms with van der Waals surface area (Å²) in [6.07, 6.45) is 5.58. The fraction of sp³-hybridized carbons (Fsp3) is 0.650. The van der Waals surface area contributed by atoms with Crippen LogP contribution in [0, 0.1) is 11.8 Å². The quantitative estimate of drug-likeness (QED) is 0.739. The molecule has 2 fully saturated rings. The Bertz CT molecular complexity index is 547. The van der Waals surface area contributed by atoms with Gasteiger partial charge in [0.15, 0.2) is 0 Å². The highest BCUT2D eigenvalue weighted by molar-refractivity contribution is 5.66. The summed E-state index contributed by atoms with van der Waals surface area (Å²) in [5.74, 6) is 0.407. The van der Waals surface area contributed by atoms with E-state index in [1.165, 1.54) is 11.3 Å². The highest BCUT2D eigenvalue weighted by Crippen LogP contribution is 2.37. The molecule has 1 aromatic rings. The molecule has 1 aliphatic carbocycles. The molecule has 5 heteroatoms. The van der Waals surface area contributed by atoms with Gasteiger partial charge in [-0.3, -0.25) is 4.79 Å². The number of carboxylic acids is 1. The zero-order valence-electron chi connectivity index (χ0n) is 15.0. The van der Waals surface area contributed by atoms with Crippen molar-refractivity contribution in [3.05, 3.63) is 29.8 Å². The molecule has 0 amide bonds. The van der Waals surface area contributed by atoms with Gasteiger partial charge in [0.2, 0.25) is 0 Å². The molecule has 5 nitrogen and oxygen atoms in total. The molecule has 1 saturated heterocycles. The molecule has 3 rings (SSSR count). The summed E-state index contributed by atoms with van der Waals surface area (Å²) in [6.45, 7) is 4.22. The number of nitrogens with one attached hydrogen (secondary N) is 1. The summed E-state index contributed by atoms with van der Waals surface area (Å²) in [5.41, 5.74) is 9.06. The van der Waals surface area contributed by atoms with E-state index in [-0.39, 0.29) is 6.04 Å². The van der Waals surface area contributed by atoms with Crippen molar-refractivity contribution in [3.63, 3.8) is 0 Å². The van der Waals surface area contributed by atoms with E-state index in [1.807, 2.05) is 0 Å². The van der Waals surface area contributed by atoms with Crippen LogP contribution in [0.1, 0.15) is 50.1 Å². The lowest BCUT2D eigenvalue weighted by Gasteiger charge is -2.33. The lowest BCUT2D eigenvalue weighted by molar-refractivity contribution is -0.137. The number of rotatable bonds is 6. The van der Waals surface area contributed by atoms with Gasteiger partial charge in [-0.1, -0.05) is 25.0 Å². The number of carbonyl (C=O) groups is 1. The van der Waals surface area contributed by atoms with Crippen LogP contribution in [-0.4, -0.2) is 37.3 Å². The van der Waals surface area contributed by atoms with Crippen LogP contribution in [0.2, 0.25) is 0 Å². The van der Waals surface area contributed by atoms with Crippen molar-refractivity contribution in [1.82, 2.24) is 5.32 Å². The van der Waals surface area contributed by atoms with Crippen LogP contribution in [0.3, 0.4) is 0 Å². The molecule has 0 aromatic heterocycles. The number of nitrogens with zero attached hydrogens (tertiary/aromatic N) is 1. The molecule has 0 radical (unpaired) electrons. The van der Waals surface area contributed by atoms with Crippen molar-refractivity contribution in [2.75, 3.05) is 31.1 Å². The van der Waals surface area contributed by atoms with E-state index < -0.39 is 5.97 Å². The summed E-state index contributed by atoms with van der Waals surface area (Å²) < 4.78 is 0. The monoisotopic (exact) mass is 345 g/mol. The van der Waals surface area contributed by atoms with E-state index in [0.717, 1.165) is 58.3 Å². The van der Waals surface area contributed by atoms with Crippen LogP contribution in [0.5, 0.6) is 0 Å². The predicted molar refractivity (Wildman–Crippen MR) is 101 cm³/mol. The zero-order chi connectivity index (χ0) is 17.6. The lowest BCUT2D eigenvalue weighted by atomic mass is 9.76. The standard InChI is InChI=1S/C20H31N3O2/c21-20(16-4-1-15(2-5-16)3-10-19(24)25)17-6-8-18(9-7-17)23-13-11-22-12-14-23/h6-9,15-16,20,22H,1-5,10-14,21H2,(H,24,25). The number of benzene rings is 1. The first-order chi connectivity index (χ1) is 12.1. The smallest absolute Gasteiger partial charge is 0.303 e. The molecular formula is C20H31N3O2. The molecular weight excluding hydrogens is 314 g/mol. The number of aliphatic carboxylic acids is 1. The van der Waals surface area contributed by atoms with E-state index in [9.17, 15) is 4.79 Å². The van der Waals surface area contributed by atoms with Crippen molar-refractivity contribution in [1.29, 1.82) is 0 Å². The fourth-order valence-corrected chi connectivity index (χ4v) is 4.27. The summed E-state index contributed by atoms with van der Waals surface area (Å²) in [7, 11) is 0. The molecule has 4 N–H and O–H groups in total. The molecule has 1 aliphatic heterocycles. The van der Waals surface area contributed by atoms with Crippen molar-refractivity contribution < 1.29 is 9.90 Å². The second kappa shape index (κ2) is 8.68. The molecule has 1 heterocycles. The van der Waals surface area contributed by atoms with Crippen molar-refractivity contribution in [3.8, 4) is 0 Å². The van der Waals surface area contributed by atoms with Crippen LogP contribution >= 0.6 is 0 Å². The largest absolute Gasteiger partial charge is 0.481 e. The van der Waals surface area contributed by atoms with Crippen molar-refractivity contribution in [2.24, 2.45) is 17.6 Å². The Morgan fingerprint density at radius 1 is 1.16 bits per heavy atom. The van der Waals surface area contributed by atoms with Gasteiger partial charge >= 0.3 is 5.97 Å². The number of nitrogens with two attached hydrogens (primary N) is 1. The number of anilines is 1. The Morgan fingerprint density at radius 3 is 2.40 bits per heavy atom. The third kappa shape index (κ3) is 4.95. The second-order valence-electron chi connectivity index (χ2n) is 7.57. The van der Waals surface area contributed by atoms with Crippen LogP contribution in [0.25, 0.3) is 0 Å². The zero-order valence-corrected chi connectivity index (χ0v) is 15.0. The van der Waals surface area contributed by atoms with E-state index >= 15 is 0 Å². The molecule has 138 valence electrons. The van der Waals surface area contributed by atoms with Gasteiger partial charge in [0.1, 0.15) is 0 Å². The maximum absolute atomic E-state index is 10.7. The Morgan fingerprint density at radius 2 is 1.80 bits per heavy atom. The number of hydrogen-bond donors (Lipinski definition) is 3. The maximum atomic E-state index is 10.7. The summed E-state index contributed by atoms with van der Waals surface area (Å²) in [4.78, 5) is 13.1. The summed E-state index contributed by atoms with van der Waals surface area (Å²) in [6, 6.07) is 8.90. The van der Waals surface area contributed by atoms with E-state index in [2.05, 4.69) is 34.5 Å². The van der Waals surface area contributed by atoms with Gasteiger partial charge in [-0.15, -0.1) is 0 Å². The van der Waals surface area contributed by atoms with Crippen LogP contribution in [0.4, 0.5) is 5.69 Å². The molecule has 2 aliphatic rings. The second-order valence-corrected chi connectivity index (χ2v) is 7.57. The Hall–Kier alpha value is -1.59. The Labute approximate surface area is 150 Å². The average molecular weight is 345 g/mol. The molecule has 0 spiro atoms. The van der Waals surface area contributed by atoms with Gasteiger partial charge < -0.3 is 21.1 Å². The van der Waals surface area contributed by atoms with Crippen molar-refractivity contribution >= 4 is 11.7 Å². The minimum atomic E-state index is -0.677. The third-order valence-corrected chi connectivity index (χ3v) is 5.93. The molecule has 1 unspecified atom stereocenters. The van der Waals surface area contributed by atoms with Crippen LogP contribution in [0.15, 0.2) is 24.3 Å². The summed E-state index contributed by atoms with van der Waals surface area (Å²) in [5, 5.41) is 12.2. The minimum absolute atomic E-state index is 0.0949. The lowest BCUT2D eigenvalue weighted by Crippen LogP contribution is -2.43. The first kappa shape index (κ1) is 18.2. The van der Waals surface area contributed by atoms with Gasteiger partial charge in [-0.2, -0.15) is 0 Å². The topological polar surface area (TPSA) is 78.6 Å². The molecule has 0 bridgehead atoms. The molecule has 1 atom stereocenters. The van der Waals surface area contributed by atoms with Crippen LogP contribution < -0.4 is 16.0 Å². The Kier molecular flexibility index (Phi) is 6.32. The predicted octanol–water partition coefficient (Wildman–Crippen LogP) is 2.77. The highest BCUT2D eigenvalue weighted by atomic mass is 16.4.